The Bertz CT molecular complexity index is 803. The van der Waals surface area contributed by atoms with Crippen LogP contribution in [0, 0.1) is 0 Å². The van der Waals surface area contributed by atoms with Crippen LogP contribution in [0.4, 0.5) is 13.2 Å². The number of amides is 1. The molecular weight excluding hydrogens is 359 g/mol. The predicted octanol–water partition coefficient (Wildman–Crippen LogP) is 3.07. The van der Waals surface area contributed by atoms with Crippen molar-refractivity contribution in [1.82, 2.24) is 14.8 Å². The van der Waals surface area contributed by atoms with Crippen LogP contribution in [0.3, 0.4) is 0 Å². The van der Waals surface area contributed by atoms with Gasteiger partial charge in [0.1, 0.15) is 5.75 Å². The highest BCUT2D eigenvalue weighted by Crippen LogP contribution is 2.32. The zero-order valence-electron chi connectivity index (χ0n) is 14.9. The first-order chi connectivity index (χ1) is 12.9. The van der Waals surface area contributed by atoms with E-state index in [0.29, 0.717) is 37.5 Å². The third-order valence-corrected chi connectivity index (χ3v) is 4.60. The molecule has 8 heteroatoms. The smallest absolute Gasteiger partial charge is 0.416 e. The van der Waals surface area contributed by atoms with E-state index in [1.807, 2.05) is 4.90 Å². The van der Waals surface area contributed by atoms with Crippen molar-refractivity contribution in [3.63, 3.8) is 0 Å². The molecule has 1 aliphatic heterocycles. The second-order valence-corrected chi connectivity index (χ2v) is 6.30. The summed E-state index contributed by atoms with van der Waals surface area (Å²) >= 11 is 0. The summed E-state index contributed by atoms with van der Waals surface area (Å²) in [4.78, 5) is 20.1. The fourth-order valence-corrected chi connectivity index (χ4v) is 3.17. The second-order valence-electron chi connectivity index (χ2n) is 6.30. The summed E-state index contributed by atoms with van der Waals surface area (Å²) < 4.78 is 44.6. The number of halogens is 3. The van der Waals surface area contributed by atoms with Gasteiger partial charge in [0.25, 0.3) is 5.91 Å². The number of methoxy groups -OCH3 is 1. The Morgan fingerprint density at radius 1 is 1.15 bits per heavy atom. The second kappa shape index (κ2) is 7.96. The lowest BCUT2D eigenvalue weighted by Crippen LogP contribution is -2.48. The molecule has 27 heavy (non-hydrogen) atoms. The van der Waals surface area contributed by atoms with E-state index in [2.05, 4.69) is 4.98 Å². The Kier molecular flexibility index (Phi) is 5.65. The number of piperazine rings is 1. The number of hydrogen-bond donors (Lipinski definition) is 0. The Balaban J connectivity index is 1.64. The van der Waals surface area contributed by atoms with Gasteiger partial charge in [0, 0.05) is 45.1 Å². The fourth-order valence-electron chi connectivity index (χ4n) is 3.17. The largest absolute Gasteiger partial charge is 0.496 e. The summed E-state index contributed by atoms with van der Waals surface area (Å²) in [5.74, 6) is 0.375. The number of aromatic nitrogens is 1. The molecule has 0 unspecified atom stereocenters. The number of carbonyl (C=O) groups excluding carboxylic acids is 1. The van der Waals surface area contributed by atoms with Gasteiger partial charge >= 0.3 is 6.18 Å². The van der Waals surface area contributed by atoms with Crippen LogP contribution in [0.2, 0.25) is 0 Å². The van der Waals surface area contributed by atoms with Gasteiger partial charge in [0.2, 0.25) is 0 Å². The van der Waals surface area contributed by atoms with Gasteiger partial charge in [-0.25, -0.2) is 0 Å². The van der Waals surface area contributed by atoms with Gasteiger partial charge in [-0.05, 0) is 23.8 Å². The van der Waals surface area contributed by atoms with E-state index in [0.717, 1.165) is 12.3 Å². The van der Waals surface area contributed by atoms with Gasteiger partial charge in [-0.15, -0.1) is 0 Å². The number of carbonyl (C=O) groups is 1. The quantitative estimate of drug-likeness (QED) is 0.819. The summed E-state index contributed by atoms with van der Waals surface area (Å²) in [7, 11) is 1.51. The zero-order chi connectivity index (χ0) is 19.4. The molecule has 1 aromatic heterocycles. The monoisotopic (exact) mass is 379 g/mol. The van der Waals surface area contributed by atoms with Crippen molar-refractivity contribution >= 4 is 5.91 Å². The van der Waals surface area contributed by atoms with Crippen molar-refractivity contribution in [2.75, 3.05) is 33.3 Å². The lowest BCUT2D eigenvalue weighted by Gasteiger charge is -2.35. The molecule has 0 atom stereocenters. The van der Waals surface area contributed by atoms with Crippen molar-refractivity contribution in [3.05, 3.63) is 59.4 Å². The Labute approximate surface area is 155 Å². The van der Waals surface area contributed by atoms with E-state index >= 15 is 0 Å². The molecule has 0 N–H and O–H groups in total. The van der Waals surface area contributed by atoms with Crippen LogP contribution >= 0.6 is 0 Å². The molecule has 1 aliphatic rings. The van der Waals surface area contributed by atoms with Gasteiger partial charge in [-0.1, -0.05) is 12.1 Å². The van der Waals surface area contributed by atoms with Crippen molar-refractivity contribution in [1.29, 1.82) is 0 Å². The molecule has 2 aromatic rings. The van der Waals surface area contributed by atoms with Crippen molar-refractivity contribution in [3.8, 4) is 5.75 Å². The van der Waals surface area contributed by atoms with E-state index < -0.39 is 11.7 Å². The number of alkyl halides is 3. The van der Waals surface area contributed by atoms with E-state index in [9.17, 15) is 18.0 Å². The molecule has 1 amide bonds. The number of nitrogens with zero attached hydrogens (tertiary/aromatic N) is 3. The third kappa shape index (κ3) is 4.39. The van der Waals surface area contributed by atoms with Gasteiger partial charge in [-0.2, -0.15) is 13.2 Å². The lowest BCUT2D eigenvalue weighted by atomic mass is 10.1. The molecule has 0 spiro atoms. The average molecular weight is 379 g/mol. The standard InChI is InChI=1S/C19H20F3N3O2/c1-27-17-5-3-2-4-15(17)18(26)25-10-8-24(9-11-25)13-14-12-23-7-6-16(14)19(20,21)22/h2-7,12H,8-11,13H2,1H3. The van der Waals surface area contributed by atoms with Crippen LogP contribution < -0.4 is 4.74 Å². The first kappa shape index (κ1) is 19.2. The molecule has 1 saturated heterocycles. The van der Waals surface area contributed by atoms with Crippen molar-refractivity contribution < 1.29 is 22.7 Å². The number of rotatable bonds is 4. The van der Waals surface area contributed by atoms with E-state index in [-0.39, 0.29) is 18.0 Å². The normalized spacial score (nSPS) is 15.6. The minimum absolute atomic E-state index is 0.135. The summed E-state index contributed by atoms with van der Waals surface area (Å²) in [5.41, 5.74) is -0.0281. The molecule has 2 heterocycles. The van der Waals surface area contributed by atoms with Crippen LogP contribution in [-0.2, 0) is 12.7 Å². The number of hydrogen-bond acceptors (Lipinski definition) is 4. The molecule has 0 aliphatic carbocycles. The van der Waals surface area contributed by atoms with E-state index in [1.54, 1.807) is 29.2 Å². The maximum absolute atomic E-state index is 13.1. The Morgan fingerprint density at radius 2 is 1.85 bits per heavy atom. The fraction of sp³-hybridized carbons (Fsp3) is 0.368. The molecule has 0 saturated carbocycles. The van der Waals surface area contributed by atoms with Crippen LogP contribution in [-0.4, -0.2) is 54.0 Å². The summed E-state index contributed by atoms with van der Waals surface area (Å²) in [6, 6.07) is 7.99. The van der Waals surface area contributed by atoms with Gasteiger partial charge in [-0.3, -0.25) is 14.7 Å². The number of ether oxygens (including phenoxy) is 1. The highest BCUT2D eigenvalue weighted by atomic mass is 19.4. The maximum atomic E-state index is 13.1. The molecule has 1 aromatic carbocycles. The van der Waals surface area contributed by atoms with Crippen LogP contribution in [0.25, 0.3) is 0 Å². The first-order valence-electron chi connectivity index (χ1n) is 8.55. The molecule has 0 bridgehead atoms. The van der Waals surface area contributed by atoms with Crippen molar-refractivity contribution in [2.45, 2.75) is 12.7 Å². The van der Waals surface area contributed by atoms with Gasteiger partial charge < -0.3 is 9.64 Å². The molecule has 0 radical (unpaired) electrons. The highest BCUT2D eigenvalue weighted by Gasteiger charge is 2.34. The molecular formula is C19H20F3N3O2. The Hall–Kier alpha value is -2.61. The summed E-state index contributed by atoms with van der Waals surface area (Å²) in [6.07, 6.45) is -1.99. The minimum Gasteiger partial charge on any atom is -0.496 e. The molecule has 1 fully saturated rings. The lowest BCUT2D eigenvalue weighted by molar-refractivity contribution is -0.138. The molecule has 3 rings (SSSR count). The highest BCUT2D eigenvalue weighted by molar-refractivity contribution is 5.97. The third-order valence-electron chi connectivity index (χ3n) is 4.60. The summed E-state index contributed by atoms with van der Waals surface area (Å²) in [5, 5.41) is 0. The number of para-hydroxylation sites is 1. The molecule has 144 valence electrons. The maximum Gasteiger partial charge on any atom is 0.416 e. The average Bonchev–Trinajstić information content (AvgIpc) is 2.67. The van der Waals surface area contributed by atoms with Crippen molar-refractivity contribution in [2.24, 2.45) is 0 Å². The molecule has 5 nitrogen and oxygen atoms in total. The SMILES string of the molecule is COc1ccccc1C(=O)N1CCN(Cc2cnccc2C(F)(F)F)CC1. The van der Waals surface area contributed by atoms with Crippen LogP contribution in [0.1, 0.15) is 21.5 Å². The first-order valence-corrected chi connectivity index (χ1v) is 8.55. The van der Waals surface area contributed by atoms with Gasteiger partial charge in [0.15, 0.2) is 0 Å². The topological polar surface area (TPSA) is 45.7 Å². The van der Waals surface area contributed by atoms with Crippen LogP contribution in [0.5, 0.6) is 5.75 Å². The van der Waals surface area contributed by atoms with Gasteiger partial charge in [0.05, 0.1) is 18.2 Å². The van der Waals surface area contributed by atoms with E-state index in [1.165, 1.54) is 13.3 Å². The zero-order valence-corrected chi connectivity index (χ0v) is 14.9. The number of pyridine rings is 1. The van der Waals surface area contributed by atoms with Crippen LogP contribution in [0.15, 0.2) is 42.7 Å². The predicted molar refractivity (Wildman–Crippen MR) is 93.4 cm³/mol. The minimum atomic E-state index is -4.40. The number of benzene rings is 1. The van der Waals surface area contributed by atoms with E-state index in [4.69, 9.17) is 4.74 Å². The summed E-state index contributed by atoms with van der Waals surface area (Å²) in [6.45, 7) is 2.02. The Morgan fingerprint density at radius 3 is 2.52 bits per heavy atom.